The zero-order valence-corrected chi connectivity index (χ0v) is 13.5. The number of ether oxygens (including phenoxy) is 1. The first-order valence-electron chi connectivity index (χ1n) is 6.72. The zero-order valence-electron chi connectivity index (χ0n) is 11.9. The summed E-state index contributed by atoms with van der Waals surface area (Å²) in [6, 6.07) is 12.6. The van der Waals surface area contributed by atoms with E-state index < -0.39 is 0 Å². The van der Waals surface area contributed by atoms with Crippen LogP contribution in [0.2, 0.25) is 5.02 Å². The molecule has 2 heterocycles. The number of hydrogen-bond donors (Lipinski definition) is 1. The van der Waals surface area contributed by atoms with E-state index in [1.807, 2.05) is 18.2 Å². The van der Waals surface area contributed by atoms with Gasteiger partial charge in [-0.05, 0) is 48.6 Å². The Morgan fingerprint density at radius 2 is 2.09 bits per heavy atom. The van der Waals surface area contributed by atoms with Crippen molar-refractivity contribution in [1.82, 2.24) is 19.9 Å². The van der Waals surface area contributed by atoms with Gasteiger partial charge in [0.05, 0.1) is 11.9 Å². The second kappa shape index (κ2) is 7.17. The molecule has 0 amide bonds. The van der Waals surface area contributed by atoms with E-state index in [9.17, 15) is 0 Å². The second-order valence-corrected chi connectivity index (χ2v) is 5.32. The van der Waals surface area contributed by atoms with E-state index in [1.165, 1.54) is 4.68 Å². The van der Waals surface area contributed by atoms with E-state index >= 15 is 0 Å². The minimum Gasteiger partial charge on any atom is -0.486 e. The molecule has 0 bridgehead atoms. The molecule has 1 N–H and O–H groups in total. The highest BCUT2D eigenvalue weighted by Gasteiger charge is 2.06. The fraction of sp³-hybridized carbons (Fsp3) is 0.0667. The minimum absolute atomic E-state index is 0.217. The number of aromatic amines is 1. The molecule has 0 atom stereocenters. The van der Waals surface area contributed by atoms with Crippen molar-refractivity contribution in [2.75, 3.05) is 0 Å². The lowest BCUT2D eigenvalue weighted by Crippen LogP contribution is -2.04. The monoisotopic (exact) mass is 345 g/mol. The van der Waals surface area contributed by atoms with Crippen molar-refractivity contribution in [3.05, 3.63) is 70.0 Å². The maximum absolute atomic E-state index is 5.84. The fourth-order valence-electron chi connectivity index (χ4n) is 1.78. The van der Waals surface area contributed by atoms with E-state index in [4.69, 9.17) is 28.6 Å². The van der Waals surface area contributed by atoms with Gasteiger partial charge in [-0.25, -0.2) is 5.10 Å². The van der Waals surface area contributed by atoms with Crippen LogP contribution in [0.5, 0.6) is 5.75 Å². The standard InChI is InChI=1S/C15H12ClN5OS/c16-11-4-6-13(7-5-11)22-10-14-19-20-15(23)21(14)18-9-12-3-1-2-8-17-12/h1-9H,10H2,(H,20,23)/b18-9-. The molecular formula is C15H12ClN5OS. The van der Waals surface area contributed by atoms with E-state index in [-0.39, 0.29) is 6.61 Å². The van der Waals surface area contributed by atoms with Crippen LogP contribution >= 0.6 is 23.8 Å². The number of pyridine rings is 1. The summed E-state index contributed by atoms with van der Waals surface area (Å²) in [6.07, 6.45) is 3.30. The highest BCUT2D eigenvalue weighted by atomic mass is 35.5. The van der Waals surface area contributed by atoms with Crippen LogP contribution in [0.3, 0.4) is 0 Å². The van der Waals surface area contributed by atoms with Crippen LogP contribution in [-0.4, -0.2) is 26.1 Å². The van der Waals surface area contributed by atoms with E-state index in [2.05, 4.69) is 20.3 Å². The molecule has 0 aliphatic rings. The van der Waals surface area contributed by atoms with Gasteiger partial charge in [-0.3, -0.25) is 4.98 Å². The van der Waals surface area contributed by atoms with Crippen molar-refractivity contribution in [3.63, 3.8) is 0 Å². The number of rotatable bonds is 5. The fourth-order valence-corrected chi connectivity index (χ4v) is 2.11. The molecule has 0 radical (unpaired) electrons. The average Bonchev–Trinajstić information content (AvgIpc) is 2.93. The molecule has 23 heavy (non-hydrogen) atoms. The third kappa shape index (κ3) is 4.02. The van der Waals surface area contributed by atoms with Gasteiger partial charge in [0.2, 0.25) is 4.77 Å². The Bertz CT molecular complexity index is 858. The van der Waals surface area contributed by atoms with Crippen molar-refractivity contribution in [3.8, 4) is 5.75 Å². The van der Waals surface area contributed by atoms with Gasteiger partial charge in [0.1, 0.15) is 12.4 Å². The van der Waals surface area contributed by atoms with Crippen LogP contribution < -0.4 is 4.74 Å². The molecule has 0 saturated heterocycles. The lowest BCUT2D eigenvalue weighted by Gasteiger charge is -2.05. The van der Waals surface area contributed by atoms with Crippen LogP contribution in [0, 0.1) is 4.77 Å². The van der Waals surface area contributed by atoms with Crippen molar-refractivity contribution in [2.24, 2.45) is 5.10 Å². The predicted molar refractivity (Wildman–Crippen MR) is 90.4 cm³/mol. The number of benzene rings is 1. The summed E-state index contributed by atoms with van der Waals surface area (Å²) in [5.74, 6) is 1.24. The molecule has 0 unspecified atom stereocenters. The zero-order chi connectivity index (χ0) is 16.1. The van der Waals surface area contributed by atoms with Gasteiger partial charge in [-0.1, -0.05) is 17.7 Å². The number of hydrogen-bond acceptors (Lipinski definition) is 5. The second-order valence-electron chi connectivity index (χ2n) is 4.50. The topological polar surface area (TPSA) is 68.1 Å². The average molecular weight is 346 g/mol. The van der Waals surface area contributed by atoms with Gasteiger partial charge in [0.15, 0.2) is 5.82 Å². The number of H-pyrrole nitrogens is 1. The normalized spacial score (nSPS) is 11.0. The van der Waals surface area contributed by atoms with E-state index in [0.29, 0.717) is 21.4 Å². The molecule has 0 aliphatic carbocycles. The Hall–Kier alpha value is -2.51. The minimum atomic E-state index is 0.217. The van der Waals surface area contributed by atoms with Crippen molar-refractivity contribution in [1.29, 1.82) is 0 Å². The molecule has 0 saturated carbocycles. The summed E-state index contributed by atoms with van der Waals surface area (Å²) >= 11 is 11.0. The highest BCUT2D eigenvalue weighted by Crippen LogP contribution is 2.16. The third-order valence-corrected chi connectivity index (χ3v) is 3.41. The van der Waals surface area contributed by atoms with Crippen LogP contribution in [0.4, 0.5) is 0 Å². The molecule has 116 valence electrons. The Morgan fingerprint density at radius 1 is 1.26 bits per heavy atom. The summed E-state index contributed by atoms with van der Waals surface area (Å²) in [5.41, 5.74) is 0.722. The van der Waals surface area contributed by atoms with Crippen molar-refractivity contribution < 1.29 is 4.74 Å². The Morgan fingerprint density at radius 3 is 2.83 bits per heavy atom. The van der Waals surface area contributed by atoms with E-state index in [0.717, 1.165) is 5.69 Å². The number of halogens is 1. The van der Waals surface area contributed by atoms with Gasteiger partial charge in [0, 0.05) is 11.2 Å². The number of aromatic nitrogens is 4. The summed E-state index contributed by atoms with van der Waals surface area (Å²) < 4.78 is 7.54. The lowest BCUT2D eigenvalue weighted by molar-refractivity contribution is 0.290. The van der Waals surface area contributed by atoms with Crippen LogP contribution in [0.1, 0.15) is 11.5 Å². The Balaban J connectivity index is 1.75. The predicted octanol–water partition coefficient (Wildman–Crippen LogP) is 3.45. The maximum Gasteiger partial charge on any atom is 0.216 e. The lowest BCUT2D eigenvalue weighted by atomic mass is 10.3. The molecule has 0 fully saturated rings. The Labute approximate surface area is 142 Å². The van der Waals surface area contributed by atoms with Gasteiger partial charge >= 0.3 is 0 Å². The molecule has 3 rings (SSSR count). The molecule has 3 aromatic rings. The maximum atomic E-state index is 5.84. The van der Waals surface area contributed by atoms with Gasteiger partial charge in [-0.2, -0.15) is 14.9 Å². The highest BCUT2D eigenvalue weighted by molar-refractivity contribution is 7.71. The van der Waals surface area contributed by atoms with Gasteiger partial charge in [-0.15, -0.1) is 0 Å². The molecular weight excluding hydrogens is 334 g/mol. The molecule has 2 aromatic heterocycles. The van der Waals surface area contributed by atoms with Gasteiger partial charge < -0.3 is 4.74 Å². The molecule has 6 nitrogen and oxygen atoms in total. The van der Waals surface area contributed by atoms with Gasteiger partial charge in [0.25, 0.3) is 0 Å². The van der Waals surface area contributed by atoms with Crippen molar-refractivity contribution >= 4 is 30.0 Å². The van der Waals surface area contributed by atoms with Crippen molar-refractivity contribution in [2.45, 2.75) is 6.61 Å². The molecule has 1 aromatic carbocycles. The summed E-state index contributed by atoms with van der Waals surface area (Å²) in [4.78, 5) is 4.17. The largest absolute Gasteiger partial charge is 0.486 e. The first-order valence-corrected chi connectivity index (χ1v) is 7.51. The number of nitrogens with one attached hydrogen (secondary N) is 1. The van der Waals surface area contributed by atoms with Crippen LogP contribution in [0.15, 0.2) is 53.8 Å². The first-order chi connectivity index (χ1) is 11.2. The van der Waals surface area contributed by atoms with E-state index in [1.54, 1.807) is 36.7 Å². The number of nitrogens with zero attached hydrogens (tertiary/aromatic N) is 4. The summed E-state index contributed by atoms with van der Waals surface area (Å²) in [7, 11) is 0. The third-order valence-electron chi connectivity index (χ3n) is 2.89. The smallest absolute Gasteiger partial charge is 0.216 e. The molecule has 0 aliphatic heterocycles. The van der Waals surface area contributed by atoms with Crippen LogP contribution in [0.25, 0.3) is 0 Å². The summed E-state index contributed by atoms with van der Waals surface area (Å²) in [6.45, 7) is 0.217. The SMILES string of the molecule is S=c1[nH]nc(COc2ccc(Cl)cc2)n1/N=C\c1ccccn1. The molecule has 0 spiro atoms. The first kappa shape index (κ1) is 15.4. The van der Waals surface area contributed by atoms with Crippen LogP contribution in [-0.2, 0) is 6.61 Å². The summed E-state index contributed by atoms with van der Waals surface area (Å²) in [5, 5.41) is 11.8. The Kier molecular flexibility index (Phi) is 4.80. The quantitative estimate of drug-likeness (QED) is 0.568. The molecule has 8 heteroatoms.